The third-order valence-corrected chi connectivity index (χ3v) is 6.65. The van der Waals surface area contributed by atoms with E-state index in [1.54, 1.807) is 7.05 Å². The van der Waals surface area contributed by atoms with Crippen molar-refractivity contribution in [3.63, 3.8) is 0 Å². The largest absolute Gasteiger partial charge is 0.481 e. The van der Waals surface area contributed by atoms with Crippen molar-refractivity contribution in [2.24, 2.45) is 5.41 Å². The van der Waals surface area contributed by atoms with E-state index in [0.29, 0.717) is 19.3 Å². The highest BCUT2D eigenvalue weighted by molar-refractivity contribution is 7.91. The van der Waals surface area contributed by atoms with E-state index in [1.165, 1.54) is 4.90 Å². The first-order chi connectivity index (χ1) is 9.76. The molecule has 1 unspecified atom stereocenters. The minimum Gasteiger partial charge on any atom is -0.481 e. The molecular formula is C14H23NO5S. The maximum Gasteiger partial charge on any atom is 0.310 e. The number of carbonyl (C=O) groups is 2. The van der Waals surface area contributed by atoms with E-state index in [9.17, 15) is 23.1 Å². The van der Waals surface area contributed by atoms with Crippen molar-refractivity contribution in [1.29, 1.82) is 0 Å². The van der Waals surface area contributed by atoms with Gasteiger partial charge in [-0.15, -0.1) is 0 Å². The zero-order valence-electron chi connectivity index (χ0n) is 12.4. The second kappa shape index (κ2) is 5.94. The third kappa shape index (κ3) is 3.56. The Balaban J connectivity index is 2.04. The van der Waals surface area contributed by atoms with Crippen LogP contribution < -0.4 is 0 Å². The molecule has 0 aromatic carbocycles. The fourth-order valence-electron chi connectivity index (χ4n) is 3.39. The summed E-state index contributed by atoms with van der Waals surface area (Å²) in [5, 5.41) is 9.50. The van der Waals surface area contributed by atoms with Crippen molar-refractivity contribution in [3.05, 3.63) is 0 Å². The molecule has 0 aromatic rings. The molecule has 1 saturated heterocycles. The summed E-state index contributed by atoms with van der Waals surface area (Å²) >= 11 is 0. The Morgan fingerprint density at radius 1 is 1.24 bits per heavy atom. The first-order valence-electron chi connectivity index (χ1n) is 7.45. The van der Waals surface area contributed by atoms with Crippen LogP contribution in [0, 0.1) is 5.41 Å². The minimum absolute atomic E-state index is 0.00465. The van der Waals surface area contributed by atoms with Gasteiger partial charge < -0.3 is 10.0 Å². The fraction of sp³-hybridized carbons (Fsp3) is 0.857. The molecule has 7 heteroatoms. The Bertz CT molecular complexity index is 521. The molecule has 1 saturated carbocycles. The van der Waals surface area contributed by atoms with E-state index in [1.807, 2.05) is 0 Å². The number of hydrogen-bond acceptors (Lipinski definition) is 4. The molecule has 0 spiro atoms. The summed E-state index contributed by atoms with van der Waals surface area (Å²) in [4.78, 5) is 25.4. The lowest BCUT2D eigenvalue weighted by Gasteiger charge is -2.34. The second-order valence-electron chi connectivity index (χ2n) is 6.38. The molecule has 0 bridgehead atoms. The molecule has 120 valence electrons. The van der Waals surface area contributed by atoms with Gasteiger partial charge in [0.25, 0.3) is 0 Å². The van der Waals surface area contributed by atoms with E-state index in [4.69, 9.17) is 0 Å². The van der Waals surface area contributed by atoms with Crippen molar-refractivity contribution in [2.45, 2.75) is 51.0 Å². The zero-order valence-corrected chi connectivity index (χ0v) is 13.2. The molecule has 1 amide bonds. The predicted octanol–water partition coefficient (Wildman–Crippen LogP) is 1.06. The van der Waals surface area contributed by atoms with Crippen LogP contribution in [0.2, 0.25) is 0 Å². The lowest BCUT2D eigenvalue weighted by Crippen LogP contribution is -2.43. The molecule has 2 rings (SSSR count). The number of aliphatic carboxylic acids is 1. The van der Waals surface area contributed by atoms with Gasteiger partial charge in [0.15, 0.2) is 9.84 Å². The van der Waals surface area contributed by atoms with E-state index >= 15 is 0 Å². The summed E-state index contributed by atoms with van der Waals surface area (Å²) in [5.41, 5.74) is -0.957. The minimum atomic E-state index is -3.05. The van der Waals surface area contributed by atoms with Gasteiger partial charge in [0.05, 0.1) is 16.9 Å². The standard InChI is InChI=1S/C14H23NO5S/c1-15(11-5-8-21(19,20)10-11)12(16)9-14(13(17)18)6-3-2-4-7-14/h11H,2-10H2,1H3,(H,17,18). The highest BCUT2D eigenvalue weighted by Crippen LogP contribution is 2.40. The van der Waals surface area contributed by atoms with Crippen molar-refractivity contribution < 1.29 is 23.1 Å². The maximum absolute atomic E-state index is 12.4. The van der Waals surface area contributed by atoms with Crippen LogP contribution in [0.25, 0.3) is 0 Å². The zero-order chi connectivity index (χ0) is 15.7. The SMILES string of the molecule is CN(C(=O)CC1(C(=O)O)CCCCC1)C1CCS(=O)(=O)C1. The van der Waals surface area contributed by atoms with E-state index in [2.05, 4.69) is 0 Å². The van der Waals surface area contributed by atoms with Crippen molar-refractivity contribution in [3.8, 4) is 0 Å². The lowest BCUT2D eigenvalue weighted by atomic mass is 9.71. The number of carboxylic acid groups (broad SMARTS) is 1. The number of amides is 1. The van der Waals surface area contributed by atoms with Crippen LogP contribution >= 0.6 is 0 Å². The number of hydrogen-bond donors (Lipinski definition) is 1. The lowest BCUT2D eigenvalue weighted by molar-refractivity contribution is -0.156. The third-order valence-electron chi connectivity index (χ3n) is 4.90. The van der Waals surface area contributed by atoms with Crippen LogP contribution in [0.15, 0.2) is 0 Å². The Kier molecular flexibility index (Phi) is 4.60. The summed E-state index contributed by atoms with van der Waals surface area (Å²) < 4.78 is 23.0. The van der Waals surface area contributed by atoms with E-state index < -0.39 is 21.2 Å². The monoisotopic (exact) mass is 317 g/mol. The molecular weight excluding hydrogens is 294 g/mol. The van der Waals surface area contributed by atoms with Gasteiger partial charge in [-0.2, -0.15) is 0 Å². The summed E-state index contributed by atoms with van der Waals surface area (Å²) in [7, 11) is -1.46. The summed E-state index contributed by atoms with van der Waals surface area (Å²) in [6.07, 6.45) is 4.18. The Hall–Kier alpha value is -1.11. The first kappa shape index (κ1) is 16.3. The normalized spacial score (nSPS) is 27.2. The van der Waals surface area contributed by atoms with Crippen LogP contribution in [0.3, 0.4) is 0 Å². The number of carboxylic acids is 1. The molecule has 1 N–H and O–H groups in total. The first-order valence-corrected chi connectivity index (χ1v) is 9.27. The van der Waals surface area contributed by atoms with Crippen LogP contribution in [-0.2, 0) is 19.4 Å². The van der Waals surface area contributed by atoms with Crippen LogP contribution in [0.1, 0.15) is 44.9 Å². The molecule has 1 aliphatic heterocycles. The van der Waals surface area contributed by atoms with Gasteiger partial charge in [-0.1, -0.05) is 19.3 Å². The van der Waals surface area contributed by atoms with Gasteiger partial charge in [-0.3, -0.25) is 9.59 Å². The van der Waals surface area contributed by atoms with Gasteiger partial charge in [-0.25, -0.2) is 8.42 Å². The van der Waals surface area contributed by atoms with Crippen LogP contribution in [-0.4, -0.2) is 54.9 Å². The maximum atomic E-state index is 12.4. The average Bonchev–Trinajstić information content (AvgIpc) is 2.79. The van der Waals surface area contributed by atoms with Crippen LogP contribution in [0.4, 0.5) is 0 Å². The van der Waals surface area contributed by atoms with Crippen molar-refractivity contribution in [2.75, 3.05) is 18.6 Å². The Labute approximate surface area is 125 Å². The van der Waals surface area contributed by atoms with Gasteiger partial charge in [0.1, 0.15) is 0 Å². The number of carbonyl (C=O) groups excluding carboxylic acids is 1. The summed E-state index contributed by atoms with van der Waals surface area (Å²) in [5.74, 6) is -1.04. The Morgan fingerprint density at radius 2 is 1.86 bits per heavy atom. The molecule has 21 heavy (non-hydrogen) atoms. The van der Waals surface area contributed by atoms with E-state index in [-0.39, 0.29) is 29.9 Å². The molecule has 6 nitrogen and oxygen atoms in total. The Morgan fingerprint density at radius 3 is 2.33 bits per heavy atom. The highest BCUT2D eigenvalue weighted by atomic mass is 32.2. The van der Waals surface area contributed by atoms with Crippen molar-refractivity contribution >= 4 is 21.7 Å². The quantitative estimate of drug-likeness (QED) is 0.837. The molecule has 2 aliphatic rings. The summed E-state index contributed by atoms with van der Waals surface area (Å²) in [6.45, 7) is 0. The molecule has 1 aliphatic carbocycles. The topological polar surface area (TPSA) is 91.8 Å². The molecule has 0 radical (unpaired) electrons. The van der Waals surface area contributed by atoms with Crippen molar-refractivity contribution in [1.82, 2.24) is 4.90 Å². The molecule has 2 fully saturated rings. The van der Waals surface area contributed by atoms with Gasteiger partial charge >= 0.3 is 5.97 Å². The predicted molar refractivity (Wildman–Crippen MR) is 77.6 cm³/mol. The number of rotatable bonds is 4. The van der Waals surface area contributed by atoms with Crippen LogP contribution in [0.5, 0.6) is 0 Å². The van der Waals surface area contributed by atoms with Gasteiger partial charge in [0, 0.05) is 19.5 Å². The van der Waals surface area contributed by atoms with E-state index in [0.717, 1.165) is 19.3 Å². The average molecular weight is 317 g/mol. The number of nitrogens with zero attached hydrogens (tertiary/aromatic N) is 1. The van der Waals surface area contributed by atoms with Gasteiger partial charge in [0.2, 0.25) is 5.91 Å². The summed E-state index contributed by atoms with van der Waals surface area (Å²) in [6, 6.07) is -0.308. The molecule has 0 aromatic heterocycles. The number of sulfone groups is 1. The molecule has 1 atom stereocenters. The molecule has 1 heterocycles. The van der Waals surface area contributed by atoms with Gasteiger partial charge in [-0.05, 0) is 19.3 Å². The fourth-order valence-corrected chi connectivity index (χ4v) is 5.17. The highest BCUT2D eigenvalue weighted by Gasteiger charge is 2.43. The second-order valence-corrected chi connectivity index (χ2v) is 8.61. The smallest absolute Gasteiger partial charge is 0.310 e.